The van der Waals surface area contributed by atoms with Crippen molar-refractivity contribution in [3.05, 3.63) is 42.0 Å². The summed E-state index contributed by atoms with van der Waals surface area (Å²) in [4.78, 5) is 29.2. The van der Waals surface area contributed by atoms with Crippen LogP contribution in [0, 0.1) is 0 Å². The van der Waals surface area contributed by atoms with Crippen LogP contribution in [0.5, 0.6) is 0 Å². The van der Waals surface area contributed by atoms with Gasteiger partial charge >= 0.3 is 0 Å². The number of hydrogen-bond donors (Lipinski definition) is 1. The Kier molecular flexibility index (Phi) is 5.39. The van der Waals surface area contributed by atoms with Crippen LogP contribution < -0.4 is 10.2 Å². The summed E-state index contributed by atoms with van der Waals surface area (Å²) in [6, 6.07) is 11.6. The largest absolute Gasteiger partial charge is 0.355 e. The van der Waals surface area contributed by atoms with Crippen molar-refractivity contribution in [1.29, 1.82) is 0 Å². The fourth-order valence-electron chi connectivity index (χ4n) is 4.23. The minimum absolute atomic E-state index is 0.0797. The molecule has 2 amide bonds. The smallest absolute Gasteiger partial charge is 0.259 e. The highest BCUT2D eigenvalue weighted by Gasteiger charge is 2.30. The van der Waals surface area contributed by atoms with Crippen LogP contribution in [-0.4, -0.2) is 49.4 Å². The predicted octanol–water partition coefficient (Wildman–Crippen LogP) is 3.18. The Labute approximate surface area is 160 Å². The minimum atomic E-state index is -0.0935. The lowest BCUT2D eigenvalue weighted by atomic mass is 10.1. The van der Waals surface area contributed by atoms with E-state index in [1.54, 1.807) is 4.90 Å². The molecule has 5 nitrogen and oxygen atoms in total. The zero-order valence-corrected chi connectivity index (χ0v) is 15.7. The topological polar surface area (TPSA) is 52.7 Å². The Morgan fingerprint density at radius 2 is 1.74 bits per heavy atom. The quantitative estimate of drug-likeness (QED) is 0.800. The standard InChI is InChI=1S/C22H27N3O2/c26-20(23-12-7-15-24-13-3-1-2-4-14-24)16-25-19-11-6-9-17-8-5-10-18(21(17)19)22(25)27/h5-6,8-11H,1-4,7,12-16H2,(H,23,26). The Morgan fingerprint density at radius 1 is 1.00 bits per heavy atom. The van der Waals surface area contributed by atoms with E-state index in [-0.39, 0.29) is 18.4 Å². The summed E-state index contributed by atoms with van der Waals surface area (Å²) >= 11 is 0. The van der Waals surface area contributed by atoms with E-state index in [1.165, 1.54) is 38.8 Å². The highest BCUT2D eigenvalue weighted by atomic mass is 16.2. The van der Waals surface area contributed by atoms with Crippen LogP contribution in [0.1, 0.15) is 42.5 Å². The molecule has 0 atom stereocenters. The number of nitrogens with one attached hydrogen (secondary N) is 1. The van der Waals surface area contributed by atoms with E-state index in [1.807, 2.05) is 36.4 Å². The number of carbonyl (C=O) groups excluding carboxylic acids is 2. The molecule has 27 heavy (non-hydrogen) atoms. The fraction of sp³-hybridized carbons (Fsp3) is 0.455. The van der Waals surface area contributed by atoms with E-state index in [4.69, 9.17) is 0 Å². The summed E-state index contributed by atoms with van der Waals surface area (Å²) in [6.07, 6.45) is 6.21. The molecule has 2 aliphatic heterocycles. The molecule has 1 saturated heterocycles. The summed E-state index contributed by atoms with van der Waals surface area (Å²) in [7, 11) is 0. The van der Waals surface area contributed by atoms with Crippen LogP contribution in [-0.2, 0) is 4.79 Å². The number of rotatable bonds is 6. The maximum Gasteiger partial charge on any atom is 0.259 e. The molecular weight excluding hydrogens is 338 g/mol. The third kappa shape index (κ3) is 3.83. The lowest BCUT2D eigenvalue weighted by molar-refractivity contribution is -0.119. The molecule has 2 heterocycles. The molecule has 0 unspecified atom stereocenters. The van der Waals surface area contributed by atoms with Crippen molar-refractivity contribution in [3.8, 4) is 0 Å². The van der Waals surface area contributed by atoms with Crippen molar-refractivity contribution < 1.29 is 9.59 Å². The molecule has 0 saturated carbocycles. The first kappa shape index (κ1) is 18.0. The number of amides is 2. The van der Waals surface area contributed by atoms with Crippen LogP contribution in [0.2, 0.25) is 0 Å². The van der Waals surface area contributed by atoms with Gasteiger partial charge in [-0.2, -0.15) is 0 Å². The molecule has 5 heteroatoms. The molecule has 2 aromatic rings. The summed E-state index contributed by atoms with van der Waals surface area (Å²) in [5.74, 6) is -0.175. The molecule has 0 spiro atoms. The average molecular weight is 365 g/mol. The number of carbonyl (C=O) groups is 2. The van der Waals surface area contributed by atoms with Gasteiger partial charge in [-0.05, 0) is 56.4 Å². The second kappa shape index (κ2) is 8.09. The second-order valence-corrected chi connectivity index (χ2v) is 7.53. The lowest BCUT2D eigenvalue weighted by Gasteiger charge is -2.20. The first-order valence-corrected chi connectivity index (χ1v) is 10.1. The van der Waals surface area contributed by atoms with E-state index in [2.05, 4.69) is 10.2 Å². The summed E-state index contributed by atoms with van der Waals surface area (Å²) in [6.45, 7) is 4.13. The van der Waals surface area contributed by atoms with Gasteiger partial charge in [0.2, 0.25) is 5.91 Å². The third-order valence-electron chi connectivity index (χ3n) is 5.62. The fourth-order valence-corrected chi connectivity index (χ4v) is 4.23. The molecule has 2 aliphatic rings. The van der Waals surface area contributed by atoms with Gasteiger partial charge in [0.25, 0.3) is 5.91 Å². The van der Waals surface area contributed by atoms with Crippen molar-refractivity contribution in [2.24, 2.45) is 0 Å². The molecule has 0 radical (unpaired) electrons. The third-order valence-corrected chi connectivity index (χ3v) is 5.62. The average Bonchev–Trinajstić information content (AvgIpc) is 2.86. The molecule has 0 aromatic heterocycles. The molecule has 4 rings (SSSR count). The van der Waals surface area contributed by atoms with Crippen molar-refractivity contribution >= 4 is 28.3 Å². The first-order valence-electron chi connectivity index (χ1n) is 10.1. The summed E-state index contributed by atoms with van der Waals surface area (Å²) < 4.78 is 0. The summed E-state index contributed by atoms with van der Waals surface area (Å²) in [5, 5.41) is 4.98. The first-order chi connectivity index (χ1) is 13.2. The van der Waals surface area contributed by atoms with Crippen LogP contribution in [0.4, 0.5) is 5.69 Å². The van der Waals surface area contributed by atoms with E-state index in [0.29, 0.717) is 12.1 Å². The van der Waals surface area contributed by atoms with Gasteiger partial charge in [-0.3, -0.25) is 14.5 Å². The molecule has 0 bridgehead atoms. The zero-order chi connectivity index (χ0) is 18.6. The highest BCUT2D eigenvalue weighted by molar-refractivity contribution is 6.26. The van der Waals surface area contributed by atoms with E-state index < -0.39 is 0 Å². The van der Waals surface area contributed by atoms with Gasteiger partial charge in [0, 0.05) is 17.5 Å². The second-order valence-electron chi connectivity index (χ2n) is 7.53. The Morgan fingerprint density at radius 3 is 2.52 bits per heavy atom. The van der Waals surface area contributed by atoms with Gasteiger partial charge < -0.3 is 10.2 Å². The Balaban J connectivity index is 1.30. The number of benzene rings is 2. The monoisotopic (exact) mass is 365 g/mol. The molecule has 2 aromatic carbocycles. The van der Waals surface area contributed by atoms with Gasteiger partial charge in [-0.25, -0.2) is 0 Å². The van der Waals surface area contributed by atoms with E-state index >= 15 is 0 Å². The Bertz CT molecular complexity index is 835. The predicted molar refractivity (Wildman–Crippen MR) is 108 cm³/mol. The molecule has 1 fully saturated rings. The number of likely N-dealkylation sites (tertiary alicyclic amines) is 1. The molecular formula is C22H27N3O2. The number of anilines is 1. The maximum absolute atomic E-state index is 12.7. The van der Waals surface area contributed by atoms with Crippen molar-refractivity contribution in [2.45, 2.75) is 32.1 Å². The van der Waals surface area contributed by atoms with Crippen LogP contribution in [0.3, 0.4) is 0 Å². The highest BCUT2D eigenvalue weighted by Crippen LogP contribution is 2.36. The normalized spacial score (nSPS) is 17.3. The molecule has 142 valence electrons. The van der Waals surface area contributed by atoms with Gasteiger partial charge in [0.1, 0.15) is 6.54 Å². The minimum Gasteiger partial charge on any atom is -0.355 e. The van der Waals surface area contributed by atoms with Gasteiger partial charge in [0.15, 0.2) is 0 Å². The van der Waals surface area contributed by atoms with E-state index in [0.717, 1.165) is 29.4 Å². The van der Waals surface area contributed by atoms with E-state index in [9.17, 15) is 9.59 Å². The summed E-state index contributed by atoms with van der Waals surface area (Å²) in [5.41, 5.74) is 1.53. The van der Waals surface area contributed by atoms with Crippen molar-refractivity contribution in [1.82, 2.24) is 10.2 Å². The van der Waals surface area contributed by atoms with Gasteiger partial charge in [0.05, 0.1) is 5.69 Å². The Hall–Kier alpha value is -2.40. The lowest BCUT2D eigenvalue weighted by Crippen LogP contribution is -2.40. The SMILES string of the molecule is O=C(CN1C(=O)c2cccc3cccc1c23)NCCCN1CCCCCC1. The van der Waals surface area contributed by atoms with Crippen molar-refractivity contribution in [2.75, 3.05) is 37.6 Å². The van der Waals surface area contributed by atoms with Gasteiger partial charge in [-0.1, -0.05) is 37.1 Å². The van der Waals surface area contributed by atoms with Crippen LogP contribution in [0.25, 0.3) is 10.8 Å². The maximum atomic E-state index is 12.7. The molecule has 1 N–H and O–H groups in total. The van der Waals surface area contributed by atoms with Gasteiger partial charge in [-0.15, -0.1) is 0 Å². The number of hydrogen-bond acceptors (Lipinski definition) is 3. The number of nitrogens with zero attached hydrogens (tertiary/aromatic N) is 2. The van der Waals surface area contributed by atoms with Crippen LogP contribution in [0.15, 0.2) is 36.4 Å². The molecule has 0 aliphatic carbocycles. The van der Waals surface area contributed by atoms with Crippen LogP contribution >= 0.6 is 0 Å². The zero-order valence-electron chi connectivity index (χ0n) is 15.7. The van der Waals surface area contributed by atoms with Crippen molar-refractivity contribution in [3.63, 3.8) is 0 Å².